The zero-order valence-electron chi connectivity index (χ0n) is 15.8. The number of halogens is 4. The molecule has 30 heavy (non-hydrogen) atoms. The van der Waals surface area contributed by atoms with E-state index >= 15 is 0 Å². The maximum atomic E-state index is 14.5. The van der Waals surface area contributed by atoms with E-state index < -0.39 is 27.9 Å². The van der Waals surface area contributed by atoms with Crippen LogP contribution in [-0.2, 0) is 0 Å². The molecule has 3 aromatic carbocycles. The van der Waals surface area contributed by atoms with Gasteiger partial charge in [-0.15, -0.1) is 0 Å². The third kappa shape index (κ3) is 3.91. The molecular formula is C21H15ClF3NO4. The van der Waals surface area contributed by atoms with Crippen LogP contribution in [0.4, 0.5) is 18.9 Å². The van der Waals surface area contributed by atoms with Gasteiger partial charge in [0.25, 0.3) is 0 Å². The fourth-order valence-corrected chi connectivity index (χ4v) is 3.06. The van der Waals surface area contributed by atoms with E-state index in [4.69, 9.17) is 21.1 Å². The standard InChI is InChI=1S/C21H15ClF3NO4/c1-3-29-21-15(26(27)28)8-9-17(18(21)22)30-16-7-5-4-6-12(16)13-10-14(23)11(2)19(24)20(13)25/h4-10H,3H2,1-2H3. The van der Waals surface area contributed by atoms with Crippen molar-refractivity contribution >= 4 is 17.3 Å². The summed E-state index contributed by atoms with van der Waals surface area (Å²) in [6.07, 6.45) is 0. The highest BCUT2D eigenvalue weighted by atomic mass is 35.5. The summed E-state index contributed by atoms with van der Waals surface area (Å²) in [4.78, 5) is 10.5. The molecule has 0 aliphatic rings. The average Bonchev–Trinajstić information content (AvgIpc) is 2.72. The van der Waals surface area contributed by atoms with Gasteiger partial charge < -0.3 is 9.47 Å². The van der Waals surface area contributed by atoms with Crippen molar-refractivity contribution in [3.05, 3.63) is 80.6 Å². The molecule has 0 bridgehead atoms. The van der Waals surface area contributed by atoms with Crippen molar-refractivity contribution in [2.45, 2.75) is 13.8 Å². The van der Waals surface area contributed by atoms with Gasteiger partial charge in [0.15, 0.2) is 11.6 Å². The highest BCUT2D eigenvalue weighted by Crippen LogP contribution is 2.44. The maximum absolute atomic E-state index is 14.5. The van der Waals surface area contributed by atoms with Crippen molar-refractivity contribution in [3.63, 3.8) is 0 Å². The Bertz CT molecular complexity index is 1140. The highest BCUT2D eigenvalue weighted by Gasteiger charge is 2.24. The van der Waals surface area contributed by atoms with Gasteiger partial charge in [0.2, 0.25) is 5.75 Å². The summed E-state index contributed by atoms with van der Waals surface area (Å²) in [5.74, 6) is -3.59. The van der Waals surface area contributed by atoms with E-state index in [0.717, 1.165) is 19.1 Å². The van der Waals surface area contributed by atoms with Crippen LogP contribution in [0.15, 0.2) is 42.5 Å². The third-order valence-corrected chi connectivity index (χ3v) is 4.67. The Hall–Kier alpha value is -3.26. The Morgan fingerprint density at radius 2 is 1.73 bits per heavy atom. The van der Waals surface area contributed by atoms with E-state index in [0.29, 0.717) is 0 Å². The molecular weight excluding hydrogens is 423 g/mol. The predicted octanol–water partition coefficient (Wildman–Crippen LogP) is 6.83. The van der Waals surface area contributed by atoms with Crippen molar-refractivity contribution in [3.8, 4) is 28.4 Å². The van der Waals surface area contributed by atoms with Crippen LogP contribution < -0.4 is 9.47 Å². The first-order valence-electron chi connectivity index (χ1n) is 8.77. The molecule has 0 aromatic heterocycles. The summed E-state index contributed by atoms with van der Waals surface area (Å²) < 4.78 is 53.6. The van der Waals surface area contributed by atoms with E-state index in [9.17, 15) is 23.3 Å². The Kier molecular flexibility index (Phi) is 6.17. The first-order valence-corrected chi connectivity index (χ1v) is 9.15. The molecule has 0 radical (unpaired) electrons. The van der Waals surface area contributed by atoms with Gasteiger partial charge in [-0.2, -0.15) is 0 Å². The summed E-state index contributed by atoms with van der Waals surface area (Å²) >= 11 is 6.24. The molecule has 0 spiro atoms. The van der Waals surface area contributed by atoms with Crippen molar-refractivity contribution in [1.82, 2.24) is 0 Å². The second-order valence-electron chi connectivity index (χ2n) is 6.17. The molecule has 0 atom stereocenters. The molecule has 0 saturated heterocycles. The number of hydrogen-bond acceptors (Lipinski definition) is 4. The third-order valence-electron chi connectivity index (χ3n) is 4.31. The quantitative estimate of drug-likeness (QED) is 0.241. The number of hydrogen-bond donors (Lipinski definition) is 0. The number of benzene rings is 3. The number of rotatable bonds is 6. The SMILES string of the molecule is CCOc1c([N+](=O)[O-])ccc(Oc2ccccc2-c2cc(F)c(C)c(F)c2F)c1Cl. The van der Waals surface area contributed by atoms with Crippen molar-refractivity contribution < 1.29 is 27.6 Å². The van der Waals surface area contributed by atoms with Crippen molar-refractivity contribution in [2.75, 3.05) is 6.61 Å². The van der Waals surface area contributed by atoms with Crippen LogP contribution in [-0.4, -0.2) is 11.5 Å². The summed E-state index contributed by atoms with van der Waals surface area (Å²) in [6, 6.07) is 9.26. The summed E-state index contributed by atoms with van der Waals surface area (Å²) in [7, 11) is 0. The van der Waals surface area contributed by atoms with Crippen molar-refractivity contribution in [2.24, 2.45) is 0 Å². The largest absolute Gasteiger partial charge is 0.486 e. The van der Waals surface area contributed by atoms with Gasteiger partial charge in [0, 0.05) is 22.8 Å². The fourth-order valence-electron chi connectivity index (χ4n) is 2.81. The lowest BCUT2D eigenvalue weighted by molar-refractivity contribution is -0.385. The van der Waals surface area contributed by atoms with Gasteiger partial charge in [-0.05, 0) is 32.0 Å². The Morgan fingerprint density at radius 1 is 1.03 bits per heavy atom. The zero-order valence-corrected chi connectivity index (χ0v) is 16.6. The van der Waals surface area contributed by atoms with Crippen LogP contribution in [0.25, 0.3) is 11.1 Å². The second-order valence-corrected chi connectivity index (χ2v) is 6.55. The molecule has 0 fully saturated rings. The molecule has 156 valence electrons. The van der Waals surface area contributed by atoms with E-state index in [1.54, 1.807) is 19.1 Å². The van der Waals surface area contributed by atoms with Gasteiger partial charge in [-0.3, -0.25) is 10.1 Å². The number of nitro benzene ring substituents is 1. The van der Waals surface area contributed by atoms with Crippen LogP contribution in [0.1, 0.15) is 12.5 Å². The predicted molar refractivity (Wildman–Crippen MR) is 106 cm³/mol. The molecule has 3 rings (SSSR count). The van der Waals surface area contributed by atoms with E-state index in [1.165, 1.54) is 18.2 Å². The number of ether oxygens (including phenoxy) is 2. The van der Waals surface area contributed by atoms with Crippen LogP contribution in [0.3, 0.4) is 0 Å². The minimum Gasteiger partial charge on any atom is -0.486 e. The number of nitrogens with zero attached hydrogens (tertiary/aromatic N) is 1. The monoisotopic (exact) mass is 437 g/mol. The second kappa shape index (κ2) is 8.62. The Balaban J connectivity index is 2.12. The number of nitro groups is 1. The highest BCUT2D eigenvalue weighted by molar-refractivity contribution is 6.34. The molecule has 0 aliphatic heterocycles. The fraction of sp³-hybridized carbons (Fsp3) is 0.143. The first-order chi connectivity index (χ1) is 14.3. The lowest BCUT2D eigenvalue weighted by Gasteiger charge is -2.15. The van der Waals surface area contributed by atoms with Crippen molar-refractivity contribution in [1.29, 1.82) is 0 Å². The molecule has 0 heterocycles. The zero-order chi connectivity index (χ0) is 22.0. The van der Waals surface area contributed by atoms with Gasteiger partial charge in [0.05, 0.1) is 11.5 Å². The molecule has 5 nitrogen and oxygen atoms in total. The molecule has 0 aliphatic carbocycles. The van der Waals surface area contributed by atoms with Gasteiger partial charge in [-0.25, -0.2) is 13.2 Å². The molecule has 0 saturated carbocycles. The van der Waals surface area contributed by atoms with Crippen LogP contribution >= 0.6 is 11.6 Å². The van der Waals surface area contributed by atoms with Crippen LogP contribution in [0.5, 0.6) is 17.2 Å². The molecule has 3 aromatic rings. The Morgan fingerprint density at radius 3 is 2.40 bits per heavy atom. The molecule has 9 heteroatoms. The topological polar surface area (TPSA) is 61.6 Å². The van der Waals surface area contributed by atoms with Crippen LogP contribution in [0, 0.1) is 34.5 Å². The smallest absolute Gasteiger partial charge is 0.312 e. The van der Waals surface area contributed by atoms with Crippen LogP contribution in [0.2, 0.25) is 5.02 Å². The molecule has 0 unspecified atom stereocenters. The van der Waals surface area contributed by atoms with E-state index in [2.05, 4.69) is 0 Å². The first kappa shape index (κ1) is 21.4. The number of para-hydroxylation sites is 1. The van der Waals surface area contributed by atoms with Gasteiger partial charge in [-0.1, -0.05) is 29.8 Å². The molecule has 0 amide bonds. The van der Waals surface area contributed by atoms with Gasteiger partial charge in [0.1, 0.15) is 22.3 Å². The maximum Gasteiger partial charge on any atom is 0.312 e. The lowest BCUT2D eigenvalue weighted by atomic mass is 10.0. The Labute approximate surface area is 174 Å². The lowest BCUT2D eigenvalue weighted by Crippen LogP contribution is -2.00. The summed E-state index contributed by atoms with van der Waals surface area (Å²) in [5.41, 5.74) is -1.06. The summed E-state index contributed by atoms with van der Waals surface area (Å²) in [6.45, 7) is 2.88. The minimum atomic E-state index is -1.30. The molecule has 0 N–H and O–H groups in total. The average molecular weight is 438 g/mol. The van der Waals surface area contributed by atoms with Gasteiger partial charge >= 0.3 is 5.69 Å². The minimum absolute atomic E-state index is 0.00775. The van der Waals surface area contributed by atoms with E-state index in [-0.39, 0.29) is 45.7 Å². The normalized spacial score (nSPS) is 10.7. The van der Waals surface area contributed by atoms with E-state index in [1.807, 2.05) is 0 Å². The summed E-state index contributed by atoms with van der Waals surface area (Å²) in [5, 5.41) is 11.0.